The Balaban J connectivity index is 2.93. The predicted molar refractivity (Wildman–Crippen MR) is 106 cm³/mol. The van der Waals surface area contributed by atoms with Crippen molar-refractivity contribution in [1.29, 1.82) is 0 Å². The van der Waals surface area contributed by atoms with E-state index in [0.717, 1.165) is 0 Å². The van der Waals surface area contributed by atoms with Crippen LogP contribution in [0.4, 0.5) is 0 Å². The molecule has 0 fully saturated rings. The van der Waals surface area contributed by atoms with Crippen LogP contribution in [0.25, 0.3) is 0 Å². The summed E-state index contributed by atoms with van der Waals surface area (Å²) in [6.07, 6.45) is 24.4. The molecular formula is C19H38Br2. The first kappa shape index (κ1) is 22.0. The van der Waals surface area contributed by atoms with Gasteiger partial charge in [-0.2, -0.15) is 0 Å². The van der Waals surface area contributed by atoms with Crippen molar-refractivity contribution >= 4 is 31.9 Å². The van der Waals surface area contributed by atoms with Crippen molar-refractivity contribution in [1.82, 2.24) is 0 Å². The maximum absolute atomic E-state index is 3.54. The standard InChI is InChI=1S/C19H38Br2/c1-2-3-4-5-6-7-8-9-10-11-12-13-14-15-16-17-18-19(20)21/h19H,2-18H2,1H3. The van der Waals surface area contributed by atoms with Gasteiger partial charge in [0.05, 0.1) is 3.74 Å². The topological polar surface area (TPSA) is 0 Å². The van der Waals surface area contributed by atoms with Gasteiger partial charge < -0.3 is 0 Å². The molecule has 0 aromatic carbocycles. The molecule has 0 atom stereocenters. The van der Waals surface area contributed by atoms with Gasteiger partial charge >= 0.3 is 0 Å². The number of rotatable bonds is 17. The second-order valence-electron chi connectivity index (χ2n) is 6.48. The number of halogens is 2. The van der Waals surface area contributed by atoms with Crippen LogP contribution in [-0.4, -0.2) is 3.74 Å². The summed E-state index contributed by atoms with van der Waals surface area (Å²) in [7, 11) is 0. The molecule has 0 spiro atoms. The number of hydrogen-bond acceptors (Lipinski definition) is 0. The Morgan fingerprint density at radius 3 is 1.05 bits per heavy atom. The average molecular weight is 426 g/mol. The molecule has 0 aliphatic rings. The Morgan fingerprint density at radius 1 is 0.476 bits per heavy atom. The molecule has 0 heterocycles. The van der Waals surface area contributed by atoms with Gasteiger partial charge in [0.2, 0.25) is 0 Å². The first-order chi connectivity index (χ1) is 10.3. The summed E-state index contributed by atoms with van der Waals surface area (Å²) >= 11 is 7.07. The Hall–Kier alpha value is 0.960. The van der Waals surface area contributed by atoms with Crippen molar-refractivity contribution in [3.8, 4) is 0 Å². The molecule has 0 saturated heterocycles. The van der Waals surface area contributed by atoms with Gasteiger partial charge in [0.1, 0.15) is 0 Å². The summed E-state index contributed by atoms with van der Waals surface area (Å²) in [6.45, 7) is 2.29. The van der Waals surface area contributed by atoms with Crippen molar-refractivity contribution in [2.45, 2.75) is 120 Å². The molecule has 0 radical (unpaired) electrons. The zero-order chi connectivity index (χ0) is 15.6. The summed E-state index contributed by atoms with van der Waals surface area (Å²) < 4.78 is 0.525. The third-order valence-corrected chi connectivity index (χ3v) is 5.19. The summed E-state index contributed by atoms with van der Waals surface area (Å²) in [5.41, 5.74) is 0. The van der Waals surface area contributed by atoms with Crippen LogP contribution in [0.1, 0.15) is 116 Å². The zero-order valence-corrected chi connectivity index (χ0v) is 17.5. The van der Waals surface area contributed by atoms with Crippen LogP contribution in [0.15, 0.2) is 0 Å². The van der Waals surface area contributed by atoms with Crippen LogP contribution in [0, 0.1) is 0 Å². The number of alkyl halides is 2. The summed E-state index contributed by atoms with van der Waals surface area (Å²) in [4.78, 5) is 0. The van der Waals surface area contributed by atoms with Gasteiger partial charge in [-0.05, 0) is 6.42 Å². The number of unbranched alkanes of at least 4 members (excludes halogenated alkanes) is 15. The molecule has 0 amide bonds. The van der Waals surface area contributed by atoms with E-state index in [1.165, 1.54) is 109 Å². The Kier molecular flexibility index (Phi) is 19.9. The Morgan fingerprint density at radius 2 is 0.762 bits per heavy atom. The van der Waals surface area contributed by atoms with Gasteiger partial charge in [-0.3, -0.25) is 0 Å². The van der Waals surface area contributed by atoms with Crippen molar-refractivity contribution < 1.29 is 0 Å². The highest BCUT2D eigenvalue weighted by atomic mass is 79.9. The molecular weight excluding hydrogens is 388 g/mol. The Labute approximate surface area is 151 Å². The van der Waals surface area contributed by atoms with E-state index in [4.69, 9.17) is 0 Å². The van der Waals surface area contributed by atoms with Crippen LogP contribution in [-0.2, 0) is 0 Å². The monoisotopic (exact) mass is 424 g/mol. The maximum Gasteiger partial charge on any atom is 0.0697 e. The third kappa shape index (κ3) is 21.0. The molecule has 0 aromatic heterocycles. The van der Waals surface area contributed by atoms with Crippen LogP contribution >= 0.6 is 31.9 Å². The summed E-state index contributed by atoms with van der Waals surface area (Å²) in [5, 5.41) is 0. The smallest absolute Gasteiger partial charge is 0.0697 e. The largest absolute Gasteiger partial charge is 0.0765 e. The third-order valence-electron chi connectivity index (χ3n) is 4.28. The van der Waals surface area contributed by atoms with Gasteiger partial charge in [0.25, 0.3) is 0 Å². The van der Waals surface area contributed by atoms with Crippen LogP contribution < -0.4 is 0 Å². The molecule has 0 rings (SSSR count). The average Bonchev–Trinajstić information content (AvgIpc) is 2.46. The van der Waals surface area contributed by atoms with E-state index in [1.54, 1.807) is 0 Å². The fourth-order valence-corrected chi connectivity index (χ4v) is 3.49. The van der Waals surface area contributed by atoms with E-state index >= 15 is 0 Å². The van der Waals surface area contributed by atoms with Gasteiger partial charge in [-0.15, -0.1) is 0 Å². The van der Waals surface area contributed by atoms with Crippen molar-refractivity contribution in [3.05, 3.63) is 0 Å². The first-order valence-corrected chi connectivity index (χ1v) is 11.4. The fourth-order valence-electron chi connectivity index (χ4n) is 2.85. The SMILES string of the molecule is CCCCCCCCCCCCCCCCCCC(Br)Br. The van der Waals surface area contributed by atoms with Gasteiger partial charge in [0.15, 0.2) is 0 Å². The molecule has 0 saturated carbocycles. The highest BCUT2D eigenvalue weighted by molar-refractivity contribution is 9.24. The van der Waals surface area contributed by atoms with Gasteiger partial charge in [-0.1, -0.05) is 142 Å². The highest BCUT2D eigenvalue weighted by Crippen LogP contribution is 2.18. The molecule has 0 bridgehead atoms. The fraction of sp³-hybridized carbons (Fsp3) is 1.00. The lowest BCUT2D eigenvalue weighted by molar-refractivity contribution is 0.529. The molecule has 0 aromatic rings. The quantitative estimate of drug-likeness (QED) is 0.161. The van der Waals surface area contributed by atoms with Crippen LogP contribution in [0.3, 0.4) is 0 Å². The molecule has 2 heteroatoms. The molecule has 0 nitrogen and oxygen atoms in total. The van der Waals surface area contributed by atoms with Crippen molar-refractivity contribution in [2.24, 2.45) is 0 Å². The van der Waals surface area contributed by atoms with E-state index in [2.05, 4.69) is 38.8 Å². The molecule has 0 aliphatic carbocycles. The lowest BCUT2D eigenvalue weighted by Crippen LogP contribution is -1.86. The molecule has 128 valence electrons. The second-order valence-corrected chi connectivity index (χ2v) is 9.92. The minimum absolute atomic E-state index is 0.525. The van der Waals surface area contributed by atoms with E-state index in [1.807, 2.05) is 0 Å². The molecule has 0 unspecified atom stereocenters. The van der Waals surface area contributed by atoms with Crippen molar-refractivity contribution in [2.75, 3.05) is 0 Å². The zero-order valence-electron chi connectivity index (χ0n) is 14.4. The lowest BCUT2D eigenvalue weighted by Gasteiger charge is -2.04. The van der Waals surface area contributed by atoms with Crippen LogP contribution in [0.2, 0.25) is 0 Å². The second kappa shape index (κ2) is 19.0. The van der Waals surface area contributed by atoms with E-state index < -0.39 is 0 Å². The maximum atomic E-state index is 3.54. The minimum atomic E-state index is 0.525. The van der Waals surface area contributed by atoms with Crippen LogP contribution in [0.5, 0.6) is 0 Å². The van der Waals surface area contributed by atoms with Crippen molar-refractivity contribution in [3.63, 3.8) is 0 Å². The first-order valence-electron chi connectivity index (χ1n) is 9.55. The van der Waals surface area contributed by atoms with E-state index in [0.29, 0.717) is 3.74 Å². The highest BCUT2D eigenvalue weighted by Gasteiger charge is 1.97. The predicted octanol–water partition coefficient (Wildman–Crippen LogP) is 8.75. The minimum Gasteiger partial charge on any atom is -0.0765 e. The summed E-state index contributed by atoms with van der Waals surface area (Å²) in [6, 6.07) is 0. The normalized spacial score (nSPS) is 11.4. The molecule has 0 N–H and O–H groups in total. The molecule has 0 aliphatic heterocycles. The Bertz CT molecular complexity index is 180. The van der Waals surface area contributed by atoms with Gasteiger partial charge in [0, 0.05) is 0 Å². The lowest BCUT2D eigenvalue weighted by atomic mass is 10.0. The van der Waals surface area contributed by atoms with E-state index in [-0.39, 0.29) is 0 Å². The number of hydrogen-bond donors (Lipinski definition) is 0. The van der Waals surface area contributed by atoms with Gasteiger partial charge in [-0.25, -0.2) is 0 Å². The van der Waals surface area contributed by atoms with E-state index in [9.17, 15) is 0 Å². The molecule has 21 heavy (non-hydrogen) atoms. The summed E-state index contributed by atoms with van der Waals surface area (Å²) in [5.74, 6) is 0.